The molecular weight excluding hydrogens is 347 g/mol. The fraction of sp³-hybridized carbons (Fsp3) is 0.444. The number of rotatable bonds is 8. The van der Waals surface area contributed by atoms with E-state index in [4.69, 9.17) is 4.42 Å². The van der Waals surface area contributed by atoms with Gasteiger partial charge in [0.25, 0.3) is 0 Å². The molecule has 0 spiro atoms. The summed E-state index contributed by atoms with van der Waals surface area (Å²) in [5.41, 5.74) is 1.95. The van der Waals surface area contributed by atoms with Crippen LogP contribution in [0.2, 0.25) is 0 Å². The third kappa shape index (κ3) is 7.24. The largest absolute Gasteiger partial charge is 1.00 e. The van der Waals surface area contributed by atoms with Crippen molar-refractivity contribution in [1.82, 2.24) is 10.2 Å². The summed E-state index contributed by atoms with van der Waals surface area (Å²) < 4.78 is 5.86. The van der Waals surface area contributed by atoms with Gasteiger partial charge in [0.2, 0.25) is 0 Å². The van der Waals surface area contributed by atoms with E-state index in [2.05, 4.69) is 24.3 Å². The molecule has 1 atom stereocenters. The van der Waals surface area contributed by atoms with Gasteiger partial charge in [0.15, 0.2) is 0 Å². The number of aliphatic hydroxyl groups is 1. The fourth-order valence-electron chi connectivity index (χ4n) is 2.29. The van der Waals surface area contributed by atoms with E-state index in [0.29, 0.717) is 0 Å². The number of aliphatic hydroxyl groups excluding tert-OH is 1. The number of nitrogens with zero attached hydrogens (tertiary/aromatic N) is 1. The smallest absolute Gasteiger partial charge is 0.134 e. The van der Waals surface area contributed by atoms with Gasteiger partial charge in [-0.1, -0.05) is 24.3 Å². The van der Waals surface area contributed by atoms with Crippen LogP contribution in [-0.4, -0.2) is 37.2 Å². The average Bonchev–Trinajstić information content (AvgIpc) is 2.95. The van der Waals surface area contributed by atoms with Crippen LogP contribution >= 0.6 is 0 Å². The zero-order valence-electron chi connectivity index (χ0n) is 14.4. The van der Waals surface area contributed by atoms with Crippen molar-refractivity contribution in [2.45, 2.75) is 26.0 Å². The second-order valence-electron chi connectivity index (χ2n) is 5.90. The van der Waals surface area contributed by atoms with E-state index in [0.717, 1.165) is 48.7 Å². The van der Waals surface area contributed by atoms with Crippen LogP contribution in [0.15, 0.2) is 40.8 Å². The molecule has 0 aliphatic heterocycles. The lowest BCUT2D eigenvalue weighted by Gasteiger charge is -2.09. The minimum absolute atomic E-state index is 0. The topological polar surface area (TPSA) is 48.6 Å². The van der Waals surface area contributed by atoms with E-state index in [1.54, 1.807) is 6.92 Å². The number of nitrogens with one attached hydrogen (secondary N) is 1. The molecule has 1 aromatic carbocycles. The molecule has 0 radical (unpaired) electrons. The summed E-state index contributed by atoms with van der Waals surface area (Å²) in [5, 5.41) is 12.9. The van der Waals surface area contributed by atoms with Crippen LogP contribution in [0.5, 0.6) is 0 Å². The summed E-state index contributed by atoms with van der Waals surface area (Å²) in [6.45, 7) is 4.59. The molecular formula is C18H26Cl2N2O2-2. The molecule has 2 rings (SSSR count). The normalized spacial score (nSPS) is 11.7. The van der Waals surface area contributed by atoms with Gasteiger partial charge in [-0.25, -0.2) is 0 Å². The fourth-order valence-corrected chi connectivity index (χ4v) is 2.29. The number of hydrogen-bond donors (Lipinski definition) is 2. The minimum atomic E-state index is -0.437. The number of hydrogen-bond acceptors (Lipinski definition) is 4. The van der Waals surface area contributed by atoms with Gasteiger partial charge in [0.05, 0.1) is 12.6 Å². The van der Waals surface area contributed by atoms with Crippen LogP contribution in [0.1, 0.15) is 30.8 Å². The summed E-state index contributed by atoms with van der Waals surface area (Å²) in [6.07, 6.45) is 0.689. The zero-order valence-corrected chi connectivity index (χ0v) is 15.9. The molecule has 4 nitrogen and oxygen atoms in total. The Morgan fingerprint density at radius 3 is 2.33 bits per heavy atom. The van der Waals surface area contributed by atoms with Crippen molar-refractivity contribution < 1.29 is 34.3 Å². The lowest BCUT2D eigenvalue weighted by Crippen LogP contribution is -3.00. The first kappa shape index (κ1) is 23.0. The molecule has 1 aromatic heterocycles. The molecule has 0 saturated carbocycles. The highest BCUT2D eigenvalue weighted by atomic mass is 35.5. The van der Waals surface area contributed by atoms with Crippen LogP contribution in [-0.2, 0) is 6.54 Å². The number of furan rings is 1. The standard InChI is InChI=1S/C18H26N2O2.2ClH/c1-14(21)15-5-7-16(8-6-15)18-10-9-17(22-18)13-19-11-4-12-20(2)3;;/h5-10,14,19,21H,4,11-13H2,1-3H3;2*1H/p-2. The molecule has 6 heteroatoms. The summed E-state index contributed by atoms with van der Waals surface area (Å²) >= 11 is 0. The Labute approximate surface area is 157 Å². The van der Waals surface area contributed by atoms with E-state index in [9.17, 15) is 5.11 Å². The van der Waals surface area contributed by atoms with Gasteiger partial charge in [-0.15, -0.1) is 0 Å². The third-order valence-corrected chi connectivity index (χ3v) is 3.60. The van der Waals surface area contributed by atoms with Gasteiger partial charge in [0, 0.05) is 5.56 Å². The maximum Gasteiger partial charge on any atom is 0.134 e. The van der Waals surface area contributed by atoms with Crippen molar-refractivity contribution in [2.24, 2.45) is 0 Å². The van der Waals surface area contributed by atoms with Crippen molar-refractivity contribution in [3.63, 3.8) is 0 Å². The summed E-state index contributed by atoms with van der Waals surface area (Å²) in [6, 6.07) is 11.8. The molecule has 0 aliphatic carbocycles. The van der Waals surface area contributed by atoms with E-state index >= 15 is 0 Å². The van der Waals surface area contributed by atoms with Crippen molar-refractivity contribution in [1.29, 1.82) is 0 Å². The predicted octanol–water partition coefficient (Wildman–Crippen LogP) is -2.95. The molecule has 0 aliphatic rings. The highest BCUT2D eigenvalue weighted by molar-refractivity contribution is 5.58. The van der Waals surface area contributed by atoms with Gasteiger partial charge in [-0.05, 0) is 58.2 Å². The maximum absolute atomic E-state index is 9.53. The minimum Gasteiger partial charge on any atom is -1.00 e. The molecule has 0 bridgehead atoms. The Hall–Kier alpha value is -1.04. The quantitative estimate of drug-likeness (QED) is 0.486. The second kappa shape index (κ2) is 11.5. The molecule has 1 unspecified atom stereocenters. The Kier molecular flexibility index (Phi) is 11.0. The third-order valence-electron chi connectivity index (χ3n) is 3.60. The maximum atomic E-state index is 9.53. The SMILES string of the molecule is CC(O)c1ccc(-c2ccc(CNCCCN(C)C)o2)cc1.[Cl-].[Cl-]. The van der Waals surface area contributed by atoms with E-state index in [1.807, 2.05) is 36.4 Å². The van der Waals surface area contributed by atoms with Crippen molar-refractivity contribution in [3.05, 3.63) is 47.7 Å². The van der Waals surface area contributed by atoms with Crippen LogP contribution in [0, 0.1) is 0 Å². The van der Waals surface area contributed by atoms with E-state index in [1.165, 1.54) is 0 Å². The molecule has 2 aromatic rings. The summed E-state index contributed by atoms with van der Waals surface area (Å²) in [5.74, 6) is 1.81. The Morgan fingerprint density at radius 1 is 1.08 bits per heavy atom. The van der Waals surface area contributed by atoms with Crippen molar-refractivity contribution >= 4 is 0 Å². The van der Waals surface area contributed by atoms with Crippen molar-refractivity contribution in [3.8, 4) is 11.3 Å². The van der Waals surface area contributed by atoms with E-state index in [-0.39, 0.29) is 24.8 Å². The Balaban J connectivity index is 0.00000264. The molecule has 1 heterocycles. The van der Waals surface area contributed by atoms with Crippen molar-refractivity contribution in [2.75, 3.05) is 27.2 Å². The first-order chi connectivity index (χ1) is 10.6. The molecule has 136 valence electrons. The lowest BCUT2D eigenvalue weighted by molar-refractivity contribution is -0.00100. The second-order valence-corrected chi connectivity index (χ2v) is 5.90. The molecule has 24 heavy (non-hydrogen) atoms. The van der Waals surface area contributed by atoms with E-state index < -0.39 is 6.10 Å². The number of benzene rings is 1. The van der Waals surface area contributed by atoms with Gasteiger partial charge >= 0.3 is 0 Å². The van der Waals surface area contributed by atoms with Gasteiger partial charge < -0.3 is 44.6 Å². The van der Waals surface area contributed by atoms with Gasteiger partial charge in [0.1, 0.15) is 11.5 Å². The number of halogens is 2. The molecule has 0 amide bonds. The summed E-state index contributed by atoms with van der Waals surface area (Å²) in [7, 11) is 4.17. The monoisotopic (exact) mass is 372 g/mol. The van der Waals surface area contributed by atoms with Crippen LogP contribution < -0.4 is 30.1 Å². The zero-order chi connectivity index (χ0) is 15.9. The predicted molar refractivity (Wildman–Crippen MR) is 89.7 cm³/mol. The van der Waals surface area contributed by atoms with Crippen LogP contribution in [0.25, 0.3) is 11.3 Å². The van der Waals surface area contributed by atoms with Crippen LogP contribution in [0.3, 0.4) is 0 Å². The van der Waals surface area contributed by atoms with Gasteiger partial charge in [-0.3, -0.25) is 0 Å². The Bertz CT molecular complexity index is 569. The molecule has 2 N–H and O–H groups in total. The first-order valence-corrected chi connectivity index (χ1v) is 7.79. The molecule has 0 fully saturated rings. The summed E-state index contributed by atoms with van der Waals surface area (Å²) in [4.78, 5) is 2.18. The first-order valence-electron chi connectivity index (χ1n) is 7.79. The average molecular weight is 373 g/mol. The van der Waals surface area contributed by atoms with Gasteiger partial charge in [-0.2, -0.15) is 0 Å². The highest BCUT2D eigenvalue weighted by Crippen LogP contribution is 2.24. The van der Waals surface area contributed by atoms with Crippen LogP contribution in [0.4, 0.5) is 0 Å². The highest BCUT2D eigenvalue weighted by Gasteiger charge is 2.06. The Morgan fingerprint density at radius 2 is 1.75 bits per heavy atom. The molecule has 0 saturated heterocycles. The lowest BCUT2D eigenvalue weighted by atomic mass is 10.1.